The van der Waals surface area contributed by atoms with Gasteiger partial charge in [0.25, 0.3) is 0 Å². The van der Waals surface area contributed by atoms with Gasteiger partial charge in [0.2, 0.25) is 0 Å². The Hall–Kier alpha value is -2.35. The minimum atomic E-state index is -0.233. The summed E-state index contributed by atoms with van der Waals surface area (Å²) in [7, 11) is 1.66. The van der Waals surface area contributed by atoms with Crippen molar-refractivity contribution in [3.8, 4) is 0 Å². The van der Waals surface area contributed by atoms with E-state index in [1.807, 2.05) is 26.8 Å². The second-order valence-corrected chi connectivity index (χ2v) is 8.15. The van der Waals surface area contributed by atoms with Crippen LogP contribution in [-0.2, 0) is 4.74 Å². The van der Waals surface area contributed by atoms with Crippen LogP contribution in [-0.4, -0.2) is 7.11 Å². The molecule has 2 aromatic carbocycles. The molecule has 0 aliphatic carbocycles. The van der Waals surface area contributed by atoms with Gasteiger partial charge in [-0.05, 0) is 80.5 Å². The lowest BCUT2D eigenvalue weighted by atomic mass is 9.91. The second kappa shape index (κ2) is 10.8. The number of hydrogen-bond donors (Lipinski definition) is 0. The maximum Gasteiger partial charge on any atom is 0.125 e. The van der Waals surface area contributed by atoms with Crippen LogP contribution in [0.1, 0.15) is 63.8 Å². The Bertz CT molecular complexity index is 812. The molecule has 0 spiro atoms. The number of allylic oxidation sites excluding steroid dienone is 3. The molecule has 2 heteroatoms. The fourth-order valence-corrected chi connectivity index (χ4v) is 2.90. The first-order chi connectivity index (χ1) is 13.1. The van der Waals surface area contributed by atoms with Crippen LogP contribution in [0.15, 0.2) is 53.8 Å². The number of halogens is 1. The van der Waals surface area contributed by atoms with Crippen LogP contribution in [0.2, 0.25) is 0 Å². The Morgan fingerprint density at radius 3 is 1.79 bits per heavy atom. The predicted molar refractivity (Wildman–Crippen MR) is 121 cm³/mol. The number of methoxy groups -OCH3 is 1. The molecule has 0 bridgehead atoms. The first-order valence-corrected chi connectivity index (χ1v) is 9.84. The van der Waals surface area contributed by atoms with E-state index in [9.17, 15) is 4.39 Å². The van der Waals surface area contributed by atoms with Crippen LogP contribution in [0.4, 0.5) is 4.39 Å². The average molecular weight is 383 g/mol. The van der Waals surface area contributed by atoms with Gasteiger partial charge in [0, 0.05) is 5.57 Å². The van der Waals surface area contributed by atoms with E-state index < -0.39 is 0 Å². The molecule has 0 amide bonds. The zero-order chi connectivity index (χ0) is 21.4. The Balaban J connectivity index is 0.000000892. The molecule has 0 aliphatic heterocycles. The normalized spacial score (nSPS) is 11.4. The summed E-state index contributed by atoms with van der Waals surface area (Å²) in [5, 5.41) is 0. The van der Waals surface area contributed by atoms with Crippen LogP contribution in [0, 0.1) is 25.6 Å². The topological polar surface area (TPSA) is 9.23 Å². The minimum absolute atomic E-state index is 0.233. The third-order valence-electron chi connectivity index (χ3n) is 4.08. The summed E-state index contributed by atoms with van der Waals surface area (Å²) in [4.78, 5) is 0. The van der Waals surface area contributed by atoms with Crippen LogP contribution >= 0.6 is 0 Å². The smallest absolute Gasteiger partial charge is 0.125 e. The van der Waals surface area contributed by atoms with Gasteiger partial charge < -0.3 is 4.74 Å². The van der Waals surface area contributed by atoms with Crippen LogP contribution < -0.4 is 0 Å². The molecule has 0 saturated carbocycles. The van der Waals surface area contributed by atoms with E-state index in [-0.39, 0.29) is 5.82 Å². The lowest BCUT2D eigenvalue weighted by molar-refractivity contribution is 0.306. The van der Waals surface area contributed by atoms with Crippen LogP contribution in [0.5, 0.6) is 0 Å². The maximum atomic E-state index is 14.0. The van der Waals surface area contributed by atoms with E-state index in [1.165, 1.54) is 11.6 Å². The molecule has 0 fully saturated rings. The van der Waals surface area contributed by atoms with E-state index in [0.717, 1.165) is 45.1 Å². The number of rotatable bonds is 4. The summed E-state index contributed by atoms with van der Waals surface area (Å²) in [6.45, 7) is 16.5. The molecule has 0 unspecified atom stereocenters. The van der Waals surface area contributed by atoms with Gasteiger partial charge in [-0.25, -0.2) is 4.39 Å². The highest BCUT2D eigenvalue weighted by molar-refractivity contribution is 5.97. The number of ether oxygens (including phenoxy) is 1. The molecule has 2 aromatic rings. The van der Waals surface area contributed by atoms with E-state index >= 15 is 0 Å². The van der Waals surface area contributed by atoms with Crippen molar-refractivity contribution in [2.75, 3.05) is 7.11 Å². The van der Waals surface area contributed by atoms with Gasteiger partial charge in [-0.3, -0.25) is 0 Å². The Morgan fingerprint density at radius 2 is 1.36 bits per heavy atom. The third-order valence-corrected chi connectivity index (χ3v) is 4.08. The highest BCUT2D eigenvalue weighted by Gasteiger charge is 2.16. The van der Waals surface area contributed by atoms with Gasteiger partial charge in [0.1, 0.15) is 11.6 Å². The molecule has 28 heavy (non-hydrogen) atoms. The molecule has 0 atom stereocenters. The van der Waals surface area contributed by atoms with Crippen molar-refractivity contribution in [2.24, 2.45) is 5.92 Å². The quantitative estimate of drug-likeness (QED) is 0.296. The number of aryl methyl sites for hydroxylation is 2. The summed E-state index contributed by atoms with van der Waals surface area (Å²) < 4.78 is 19.7. The van der Waals surface area contributed by atoms with Crippen molar-refractivity contribution >= 4 is 11.1 Å². The van der Waals surface area contributed by atoms with E-state index in [2.05, 4.69) is 58.9 Å². The summed E-state index contributed by atoms with van der Waals surface area (Å²) in [6.07, 6.45) is 0. The van der Waals surface area contributed by atoms with Crippen LogP contribution in [0.3, 0.4) is 0 Å². The SMILES string of the molecule is CC(C)C.COC(=C(C)C)/C(=C(\C)c1ccc(C)cc1)c1cc(C)cc(F)c1. The minimum Gasteiger partial charge on any atom is -0.496 e. The molecular formula is C26H35FO. The standard InChI is InChI=1S/C22H25FO.C4H10/c1-14(2)22(24-6)21(19-11-16(4)12-20(23)13-19)17(5)18-9-7-15(3)8-10-18;1-4(2)3/h7-13H,1-6H3;4H,1-3H3/b21-17+;. The maximum absolute atomic E-state index is 14.0. The number of hydrogen-bond acceptors (Lipinski definition) is 1. The first-order valence-electron chi connectivity index (χ1n) is 9.84. The van der Waals surface area contributed by atoms with Crippen molar-refractivity contribution in [2.45, 2.75) is 55.4 Å². The highest BCUT2D eigenvalue weighted by atomic mass is 19.1. The molecule has 0 aliphatic rings. The Morgan fingerprint density at radius 1 is 0.821 bits per heavy atom. The Kier molecular flexibility index (Phi) is 9.18. The van der Waals surface area contributed by atoms with Crippen molar-refractivity contribution in [3.05, 3.63) is 81.9 Å². The van der Waals surface area contributed by atoms with E-state index in [4.69, 9.17) is 4.74 Å². The first kappa shape index (κ1) is 23.7. The molecule has 152 valence electrons. The fourth-order valence-electron chi connectivity index (χ4n) is 2.90. The van der Waals surface area contributed by atoms with Gasteiger partial charge in [0.15, 0.2) is 0 Å². The van der Waals surface area contributed by atoms with Crippen molar-refractivity contribution < 1.29 is 9.13 Å². The van der Waals surface area contributed by atoms with Gasteiger partial charge in [-0.2, -0.15) is 0 Å². The molecule has 0 radical (unpaired) electrons. The van der Waals surface area contributed by atoms with Gasteiger partial charge >= 0.3 is 0 Å². The number of benzene rings is 2. The average Bonchev–Trinajstić information content (AvgIpc) is 2.57. The molecule has 0 saturated heterocycles. The van der Waals surface area contributed by atoms with E-state index in [0.29, 0.717) is 0 Å². The predicted octanol–water partition coefficient (Wildman–Crippen LogP) is 7.98. The zero-order valence-electron chi connectivity index (χ0n) is 18.9. The molecular weight excluding hydrogens is 347 g/mol. The van der Waals surface area contributed by atoms with Gasteiger partial charge in [0.05, 0.1) is 7.11 Å². The van der Waals surface area contributed by atoms with Crippen molar-refractivity contribution in [1.29, 1.82) is 0 Å². The summed E-state index contributed by atoms with van der Waals surface area (Å²) in [5.41, 5.74) is 7.10. The summed E-state index contributed by atoms with van der Waals surface area (Å²) in [5.74, 6) is 1.39. The lowest BCUT2D eigenvalue weighted by Gasteiger charge is -2.18. The largest absolute Gasteiger partial charge is 0.496 e. The molecule has 0 heterocycles. The third kappa shape index (κ3) is 6.99. The molecule has 2 rings (SSSR count). The fraction of sp³-hybridized carbons (Fsp3) is 0.385. The van der Waals surface area contributed by atoms with Crippen LogP contribution in [0.25, 0.3) is 11.1 Å². The lowest BCUT2D eigenvalue weighted by Crippen LogP contribution is -2.00. The Labute approximate surface area is 171 Å². The molecule has 1 nitrogen and oxygen atoms in total. The molecule has 0 N–H and O–H groups in total. The highest BCUT2D eigenvalue weighted by Crippen LogP contribution is 2.34. The zero-order valence-corrected chi connectivity index (χ0v) is 18.9. The van der Waals surface area contributed by atoms with Gasteiger partial charge in [-0.1, -0.05) is 56.7 Å². The molecule has 0 aromatic heterocycles. The second-order valence-electron chi connectivity index (χ2n) is 8.15. The summed E-state index contributed by atoms with van der Waals surface area (Å²) in [6, 6.07) is 13.5. The monoisotopic (exact) mass is 382 g/mol. The van der Waals surface area contributed by atoms with Gasteiger partial charge in [-0.15, -0.1) is 0 Å². The van der Waals surface area contributed by atoms with Crippen molar-refractivity contribution in [1.82, 2.24) is 0 Å². The van der Waals surface area contributed by atoms with Crippen molar-refractivity contribution in [3.63, 3.8) is 0 Å². The van der Waals surface area contributed by atoms with E-state index in [1.54, 1.807) is 13.2 Å². The summed E-state index contributed by atoms with van der Waals surface area (Å²) >= 11 is 0.